The smallest absolute Gasteiger partial charge is 0.362 e. The molecule has 0 atom stereocenters. The minimum atomic E-state index is -4.42. The van der Waals surface area contributed by atoms with E-state index in [0.29, 0.717) is 12.1 Å². The number of rotatable bonds is 8. The molecule has 4 N–H and O–H groups in total. The van der Waals surface area contributed by atoms with Crippen LogP contribution in [0.1, 0.15) is 12.0 Å². The van der Waals surface area contributed by atoms with E-state index < -0.39 is 22.7 Å². The lowest BCUT2D eigenvalue weighted by atomic mass is 10.2. The highest BCUT2D eigenvalue weighted by molar-refractivity contribution is 7.89. The molecule has 0 radical (unpaired) electrons. The van der Waals surface area contributed by atoms with E-state index in [1.165, 1.54) is 29.2 Å². The number of nitrogens with zero attached hydrogens (tertiary/aromatic N) is 1. The average molecular weight is 414 g/mol. The third-order valence-electron chi connectivity index (χ3n) is 3.41. The lowest BCUT2D eigenvalue weighted by molar-refractivity contribution is -0.858. The second kappa shape index (κ2) is 9.49. The molecular formula is C15H24F3N4O2S2+. The van der Waals surface area contributed by atoms with Crippen molar-refractivity contribution in [3.63, 3.8) is 0 Å². The van der Waals surface area contributed by atoms with Crippen molar-refractivity contribution in [2.75, 3.05) is 33.7 Å². The molecule has 148 valence electrons. The van der Waals surface area contributed by atoms with Crippen molar-refractivity contribution in [2.45, 2.75) is 24.0 Å². The zero-order valence-electron chi connectivity index (χ0n) is 14.6. The first-order chi connectivity index (χ1) is 11.9. The highest BCUT2D eigenvalue weighted by Gasteiger charge is 2.32. The molecule has 0 spiro atoms. The first kappa shape index (κ1) is 22.6. The van der Waals surface area contributed by atoms with Crippen LogP contribution in [0, 0.1) is 0 Å². The summed E-state index contributed by atoms with van der Waals surface area (Å²) in [7, 11) is 0.122. The lowest BCUT2D eigenvalue weighted by Gasteiger charge is -2.27. The summed E-state index contributed by atoms with van der Waals surface area (Å²) in [4.78, 5) is 2.14. The topological polar surface area (TPSA) is 79.9 Å². The van der Waals surface area contributed by atoms with Gasteiger partial charge in [-0.15, -0.1) is 0 Å². The van der Waals surface area contributed by atoms with E-state index in [-0.39, 0.29) is 16.6 Å². The highest BCUT2D eigenvalue weighted by atomic mass is 32.2. The fourth-order valence-electron chi connectivity index (χ4n) is 2.17. The molecule has 0 saturated heterocycles. The normalized spacial score (nSPS) is 12.3. The summed E-state index contributed by atoms with van der Waals surface area (Å²) in [5, 5.41) is 7.86. The second-order valence-electron chi connectivity index (χ2n) is 6.20. The van der Waals surface area contributed by atoms with Crippen LogP contribution in [0.5, 0.6) is 0 Å². The maximum atomic E-state index is 12.9. The Hall–Kier alpha value is -1.43. The van der Waals surface area contributed by atoms with Crippen LogP contribution in [-0.4, -0.2) is 58.3 Å². The summed E-state index contributed by atoms with van der Waals surface area (Å²) in [5.74, 6) is 0. The summed E-state index contributed by atoms with van der Waals surface area (Å²) < 4.78 is 61.1. The van der Waals surface area contributed by atoms with Gasteiger partial charge in [-0.25, -0.2) is 13.6 Å². The van der Waals surface area contributed by atoms with Crippen molar-refractivity contribution in [1.82, 2.24) is 10.2 Å². The Kier molecular flexibility index (Phi) is 8.25. The highest BCUT2D eigenvalue weighted by Crippen LogP contribution is 2.19. The maximum absolute atomic E-state index is 12.9. The van der Waals surface area contributed by atoms with Crippen molar-refractivity contribution in [2.24, 2.45) is 5.14 Å². The predicted octanol–water partition coefficient (Wildman–Crippen LogP) is 0.107. The van der Waals surface area contributed by atoms with Crippen LogP contribution in [0.25, 0.3) is 0 Å². The number of benzene rings is 1. The number of hydrogen-bond donors (Lipinski definition) is 3. The van der Waals surface area contributed by atoms with Gasteiger partial charge in [0.2, 0.25) is 10.0 Å². The Balaban J connectivity index is 2.78. The van der Waals surface area contributed by atoms with Crippen LogP contribution >= 0.6 is 12.2 Å². The SMILES string of the molecule is C[NH+](C)CCCNC(=S)N(Cc1ccc(S(N)(=O)=O)cc1)CC(F)(F)F. The number of nitrogens with one attached hydrogen (secondary N) is 2. The van der Waals surface area contributed by atoms with Gasteiger partial charge in [0.15, 0.2) is 5.11 Å². The average Bonchev–Trinajstić information content (AvgIpc) is 2.49. The molecule has 0 aromatic heterocycles. The van der Waals surface area contributed by atoms with Crippen LogP contribution in [-0.2, 0) is 16.6 Å². The molecule has 1 aromatic carbocycles. The van der Waals surface area contributed by atoms with Crippen LogP contribution in [0.15, 0.2) is 29.2 Å². The molecular weight excluding hydrogens is 389 g/mol. The Labute approximate surface area is 157 Å². The molecule has 0 aliphatic heterocycles. The number of hydrogen-bond acceptors (Lipinski definition) is 3. The van der Waals surface area contributed by atoms with Gasteiger partial charge in [-0.2, -0.15) is 13.2 Å². The van der Waals surface area contributed by atoms with E-state index in [1.807, 2.05) is 14.1 Å². The number of alkyl halides is 3. The zero-order valence-corrected chi connectivity index (χ0v) is 16.3. The molecule has 0 heterocycles. The van der Waals surface area contributed by atoms with Gasteiger partial charge in [0.05, 0.1) is 25.5 Å². The quantitative estimate of drug-likeness (QED) is 0.416. The molecule has 1 aromatic rings. The second-order valence-corrected chi connectivity index (χ2v) is 8.15. The minimum absolute atomic E-state index is 0.00611. The summed E-state index contributed by atoms with van der Waals surface area (Å²) in [6.07, 6.45) is -3.65. The molecule has 1 rings (SSSR count). The van der Waals surface area contributed by atoms with E-state index in [4.69, 9.17) is 17.4 Å². The zero-order chi connectivity index (χ0) is 20.0. The van der Waals surface area contributed by atoms with Crippen LogP contribution in [0.3, 0.4) is 0 Å². The van der Waals surface area contributed by atoms with Gasteiger partial charge in [0.1, 0.15) is 6.54 Å². The molecule has 0 fully saturated rings. The predicted molar refractivity (Wildman–Crippen MR) is 97.2 cm³/mol. The van der Waals surface area contributed by atoms with E-state index >= 15 is 0 Å². The first-order valence-electron chi connectivity index (χ1n) is 7.89. The molecule has 0 aliphatic rings. The first-order valence-corrected chi connectivity index (χ1v) is 9.84. The standard InChI is InChI=1S/C15H23F3N4O2S2/c1-21(2)9-3-8-20-14(25)22(11-15(16,17)18)10-12-4-6-13(7-5-12)26(19,23)24/h4-7H,3,8-11H2,1-2H3,(H,20,25)(H2,19,23,24)/p+1. The number of nitrogens with two attached hydrogens (primary N) is 1. The van der Waals surface area contributed by atoms with Gasteiger partial charge < -0.3 is 15.1 Å². The van der Waals surface area contributed by atoms with Crippen molar-refractivity contribution in [3.8, 4) is 0 Å². The Bertz CT molecular complexity index is 692. The minimum Gasteiger partial charge on any atom is -0.362 e. The van der Waals surface area contributed by atoms with Gasteiger partial charge in [0, 0.05) is 19.5 Å². The van der Waals surface area contributed by atoms with Crippen molar-refractivity contribution in [1.29, 1.82) is 0 Å². The largest absolute Gasteiger partial charge is 0.406 e. The number of thiocarbonyl (C=S) groups is 1. The van der Waals surface area contributed by atoms with Crippen molar-refractivity contribution in [3.05, 3.63) is 29.8 Å². The van der Waals surface area contributed by atoms with Gasteiger partial charge in [-0.3, -0.25) is 0 Å². The van der Waals surface area contributed by atoms with Crippen molar-refractivity contribution >= 4 is 27.4 Å². The molecule has 11 heteroatoms. The fraction of sp³-hybridized carbons (Fsp3) is 0.533. The molecule has 6 nitrogen and oxygen atoms in total. The number of halogens is 3. The van der Waals surface area contributed by atoms with Gasteiger partial charge in [-0.05, 0) is 29.9 Å². The number of quaternary nitrogens is 1. The number of primary sulfonamides is 1. The summed E-state index contributed by atoms with van der Waals surface area (Å²) in [6, 6.07) is 5.35. The maximum Gasteiger partial charge on any atom is 0.406 e. The van der Waals surface area contributed by atoms with Crippen LogP contribution in [0.4, 0.5) is 13.2 Å². The molecule has 0 aliphatic carbocycles. The van der Waals surface area contributed by atoms with E-state index in [9.17, 15) is 21.6 Å². The molecule has 0 amide bonds. The van der Waals surface area contributed by atoms with Gasteiger partial charge >= 0.3 is 6.18 Å². The fourth-order valence-corrected chi connectivity index (χ4v) is 2.92. The van der Waals surface area contributed by atoms with Crippen LogP contribution in [0.2, 0.25) is 0 Å². The van der Waals surface area contributed by atoms with E-state index in [2.05, 4.69) is 5.32 Å². The van der Waals surface area contributed by atoms with Crippen LogP contribution < -0.4 is 15.4 Å². The number of sulfonamides is 1. The third-order valence-corrected chi connectivity index (χ3v) is 4.74. The lowest BCUT2D eigenvalue weighted by Crippen LogP contribution is -3.05. The molecule has 0 bridgehead atoms. The molecule has 0 unspecified atom stereocenters. The van der Waals surface area contributed by atoms with E-state index in [0.717, 1.165) is 17.9 Å². The Morgan fingerprint density at radius 1 is 1.27 bits per heavy atom. The van der Waals surface area contributed by atoms with Gasteiger partial charge in [0.25, 0.3) is 0 Å². The van der Waals surface area contributed by atoms with E-state index in [1.54, 1.807) is 0 Å². The summed E-state index contributed by atoms with van der Waals surface area (Å²) in [5.41, 5.74) is 0.489. The van der Waals surface area contributed by atoms with Crippen molar-refractivity contribution < 1.29 is 26.5 Å². The Morgan fingerprint density at radius 2 is 1.85 bits per heavy atom. The third kappa shape index (κ3) is 8.79. The summed E-state index contributed by atoms with van der Waals surface area (Å²) >= 11 is 5.10. The molecule has 0 saturated carbocycles. The Morgan fingerprint density at radius 3 is 2.31 bits per heavy atom. The summed E-state index contributed by atoms with van der Waals surface area (Å²) in [6.45, 7) is 0.0382. The monoisotopic (exact) mass is 413 g/mol. The van der Waals surface area contributed by atoms with Gasteiger partial charge in [-0.1, -0.05) is 12.1 Å². The molecule has 26 heavy (non-hydrogen) atoms.